The van der Waals surface area contributed by atoms with Crippen molar-refractivity contribution >= 4 is 34.6 Å². The number of amides is 1. The first-order chi connectivity index (χ1) is 14.6. The van der Waals surface area contributed by atoms with Crippen molar-refractivity contribution in [2.24, 2.45) is 4.99 Å². The second-order valence-corrected chi connectivity index (χ2v) is 7.83. The average Bonchev–Trinajstić information content (AvgIpc) is 3.14. The van der Waals surface area contributed by atoms with E-state index in [0.717, 1.165) is 5.56 Å². The van der Waals surface area contributed by atoms with Gasteiger partial charge in [0.1, 0.15) is 5.82 Å². The van der Waals surface area contributed by atoms with Crippen LogP contribution in [0.15, 0.2) is 52.4 Å². The highest BCUT2D eigenvalue weighted by Crippen LogP contribution is 2.36. The number of carbonyl (C=O) groups excluding carboxylic acids is 1. The van der Waals surface area contributed by atoms with Gasteiger partial charge in [0.15, 0.2) is 16.7 Å². The highest BCUT2D eigenvalue weighted by atomic mass is 32.2. The number of halogens is 1. The molecule has 8 heteroatoms. The predicted molar refractivity (Wildman–Crippen MR) is 118 cm³/mol. The Hall–Kier alpha value is -3.00. The fraction of sp³-hybridized carbons (Fsp3) is 0.273. The first-order valence-corrected chi connectivity index (χ1v) is 10.4. The molecule has 156 valence electrons. The number of nitrogens with zero attached hydrogens (tertiary/aromatic N) is 3. The van der Waals surface area contributed by atoms with Crippen LogP contribution in [-0.2, 0) is 4.79 Å². The van der Waals surface area contributed by atoms with Crippen LogP contribution >= 0.6 is 11.8 Å². The Morgan fingerprint density at radius 1 is 1.00 bits per heavy atom. The molecule has 0 unspecified atom stereocenters. The number of hydrogen-bond donors (Lipinski definition) is 0. The Balaban J connectivity index is 1.45. The van der Waals surface area contributed by atoms with Crippen LogP contribution < -0.4 is 14.4 Å². The van der Waals surface area contributed by atoms with Gasteiger partial charge in [-0.2, -0.15) is 4.99 Å². The van der Waals surface area contributed by atoms with Crippen LogP contribution in [0.3, 0.4) is 0 Å². The summed E-state index contributed by atoms with van der Waals surface area (Å²) < 4.78 is 24.8. The molecule has 0 atom stereocenters. The van der Waals surface area contributed by atoms with Gasteiger partial charge in [-0.3, -0.25) is 4.79 Å². The first kappa shape index (κ1) is 20.3. The zero-order valence-corrected chi connectivity index (χ0v) is 17.6. The summed E-state index contributed by atoms with van der Waals surface area (Å²) in [5.41, 5.74) is 1.37. The molecule has 2 heterocycles. The maximum absolute atomic E-state index is 14.0. The minimum Gasteiger partial charge on any atom is -0.493 e. The summed E-state index contributed by atoms with van der Waals surface area (Å²) in [6, 6.07) is 12.3. The number of methoxy groups -OCH3 is 2. The minimum atomic E-state index is -0.267. The SMILES string of the molecule is COc1cccc(/C=C2\SC(N3CCN(c4ccccc4F)CC3)=NC2=O)c1OC. The van der Waals surface area contributed by atoms with Crippen molar-refractivity contribution in [3.63, 3.8) is 0 Å². The number of aliphatic imine (C=N–C) groups is 1. The molecule has 0 bridgehead atoms. The van der Waals surface area contributed by atoms with Crippen molar-refractivity contribution in [1.29, 1.82) is 0 Å². The van der Waals surface area contributed by atoms with Crippen LogP contribution in [-0.4, -0.2) is 56.4 Å². The van der Waals surface area contributed by atoms with Gasteiger partial charge in [0, 0.05) is 31.7 Å². The summed E-state index contributed by atoms with van der Waals surface area (Å²) in [5, 5.41) is 0.682. The van der Waals surface area contributed by atoms with Gasteiger partial charge in [0.05, 0.1) is 24.8 Å². The van der Waals surface area contributed by atoms with Crippen molar-refractivity contribution in [3.8, 4) is 11.5 Å². The van der Waals surface area contributed by atoms with Gasteiger partial charge in [0.25, 0.3) is 5.91 Å². The Kier molecular flexibility index (Phi) is 5.94. The third-order valence-electron chi connectivity index (χ3n) is 5.07. The lowest BCUT2D eigenvalue weighted by Crippen LogP contribution is -2.48. The standard InChI is InChI=1S/C22H22FN3O3S/c1-28-18-9-5-6-15(20(18)29-2)14-19-21(27)24-22(30-19)26-12-10-25(11-13-26)17-8-4-3-7-16(17)23/h3-9,14H,10-13H2,1-2H3/b19-14-. The number of ether oxygens (including phenoxy) is 2. The maximum atomic E-state index is 14.0. The first-order valence-electron chi connectivity index (χ1n) is 9.58. The molecule has 2 aliphatic heterocycles. The number of para-hydroxylation sites is 2. The van der Waals surface area contributed by atoms with Gasteiger partial charge < -0.3 is 19.3 Å². The van der Waals surface area contributed by atoms with E-state index < -0.39 is 0 Å². The van der Waals surface area contributed by atoms with Crippen molar-refractivity contribution in [3.05, 3.63) is 58.8 Å². The smallest absolute Gasteiger partial charge is 0.286 e. The number of amidine groups is 1. The second kappa shape index (κ2) is 8.79. The predicted octanol–water partition coefficient (Wildman–Crippen LogP) is 3.64. The molecule has 1 fully saturated rings. The zero-order chi connectivity index (χ0) is 21.1. The molecule has 2 aliphatic rings. The van der Waals surface area contributed by atoms with Crippen molar-refractivity contribution in [2.75, 3.05) is 45.3 Å². The molecular weight excluding hydrogens is 405 g/mol. The number of thioether (sulfide) groups is 1. The Labute approximate surface area is 179 Å². The molecule has 1 saturated heterocycles. The monoisotopic (exact) mass is 427 g/mol. The zero-order valence-electron chi connectivity index (χ0n) is 16.8. The summed E-state index contributed by atoms with van der Waals surface area (Å²) in [7, 11) is 3.15. The number of hydrogen-bond acceptors (Lipinski definition) is 6. The van der Waals surface area contributed by atoms with E-state index in [9.17, 15) is 9.18 Å². The largest absolute Gasteiger partial charge is 0.493 e. The number of piperazine rings is 1. The molecule has 0 aliphatic carbocycles. The molecule has 0 aromatic heterocycles. The van der Waals surface area contributed by atoms with Crippen molar-refractivity contribution in [2.45, 2.75) is 0 Å². The van der Waals surface area contributed by atoms with Crippen molar-refractivity contribution in [1.82, 2.24) is 4.90 Å². The Bertz CT molecular complexity index is 1020. The molecule has 2 aromatic rings. The summed E-state index contributed by atoms with van der Waals surface area (Å²) >= 11 is 1.35. The average molecular weight is 428 g/mol. The lowest BCUT2D eigenvalue weighted by atomic mass is 10.1. The molecule has 0 radical (unpaired) electrons. The van der Waals surface area contributed by atoms with Gasteiger partial charge in [-0.1, -0.05) is 24.3 Å². The second-order valence-electron chi connectivity index (χ2n) is 6.82. The van der Waals surface area contributed by atoms with Gasteiger partial charge in [0.2, 0.25) is 0 Å². The highest BCUT2D eigenvalue weighted by molar-refractivity contribution is 8.18. The molecule has 0 saturated carbocycles. The molecule has 30 heavy (non-hydrogen) atoms. The molecule has 2 aromatic carbocycles. The van der Waals surface area contributed by atoms with Gasteiger partial charge in [-0.05, 0) is 36.0 Å². The molecule has 4 rings (SSSR count). The van der Waals surface area contributed by atoms with Gasteiger partial charge in [-0.25, -0.2) is 4.39 Å². The van der Waals surface area contributed by atoms with Gasteiger partial charge in [-0.15, -0.1) is 0 Å². The lowest BCUT2D eigenvalue weighted by Gasteiger charge is -2.36. The van der Waals surface area contributed by atoms with Crippen LogP contribution in [0, 0.1) is 5.82 Å². The number of benzene rings is 2. The molecule has 6 nitrogen and oxygen atoms in total. The molecule has 1 amide bonds. The fourth-order valence-corrected chi connectivity index (χ4v) is 4.50. The van der Waals surface area contributed by atoms with E-state index in [0.29, 0.717) is 53.4 Å². The normalized spacial score (nSPS) is 18.0. The summed E-state index contributed by atoms with van der Waals surface area (Å²) in [5.74, 6) is 0.697. The molecule has 0 N–H and O–H groups in total. The van der Waals surface area contributed by atoms with E-state index in [4.69, 9.17) is 9.47 Å². The summed E-state index contributed by atoms with van der Waals surface area (Å²) in [6.07, 6.45) is 1.78. The lowest BCUT2D eigenvalue weighted by molar-refractivity contribution is -0.113. The molecular formula is C22H22FN3O3S. The van der Waals surface area contributed by atoms with E-state index >= 15 is 0 Å². The van der Waals surface area contributed by atoms with Crippen LogP contribution in [0.1, 0.15) is 5.56 Å². The number of rotatable bonds is 4. The number of carbonyl (C=O) groups is 1. The van der Waals surface area contributed by atoms with Crippen LogP contribution in [0.2, 0.25) is 0 Å². The summed E-state index contributed by atoms with van der Waals surface area (Å²) in [4.78, 5) is 21.3. The maximum Gasteiger partial charge on any atom is 0.286 e. The van der Waals surface area contributed by atoms with E-state index in [1.54, 1.807) is 38.5 Å². The quantitative estimate of drug-likeness (QED) is 0.695. The number of anilines is 1. The minimum absolute atomic E-state index is 0.217. The van der Waals surface area contributed by atoms with E-state index in [-0.39, 0.29) is 11.7 Å². The van der Waals surface area contributed by atoms with Crippen LogP contribution in [0.5, 0.6) is 11.5 Å². The fourth-order valence-electron chi connectivity index (χ4n) is 3.55. The third kappa shape index (κ3) is 4.00. The Morgan fingerprint density at radius 3 is 2.43 bits per heavy atom. The van der Waals surface area contributed by atoms with Crippen molar-refractivity contribution < 1.29 is 18.7 Å². The molecule has 0 spiro atoms. The van der Waals surface area contributed by atoms with E-state index in [2.05, 4.69) is 9.89 Å². The van der Waals surface area contributed by atoms with Crippen LogP contribution in [0.4, 0.5) is 10.1 Å². The topological polar surface area (TPSA) is 54.4 Å². The summed E-state index contributed by atoms with van der Waals surface area (Å²) in [6.45, 7) is 2.67. The van der Waals surface area contributed by atoms with E-state index in [1.165, 1.54) is 17.8 Å². The van der Waals surface area contributed by atoms with Gasteiger partial charge >= 0.3 is 0 Å². The van der Waals surface area contributed by atoms with Crippen LogP contribution in [0.25, 0.3) is 6.08 Å². The Morgan fingerprint density at radius 2 is 1.73 bits per heavy atom. The third-order valence-corrected chi connectivity index (χ3v) is 6.12. The van der Waals surface area contributed by atoms with E-state index in [1.807, 2.05) is 23.1 Å². The highest BCUT2D eigenvalue weighted by Gasteiger charge is 2.29.